The molecule has 216 valence electrons. The fraction of sp³-hybridized carbons (Fsp3) is 0. The molecule has 2 aromatic heterocycles. The van der Waals surface area contributed by atoms with Crippen molar-refractivity contribution in [2.75, 3.05) is 0 Å². The predicted molar refractivity (Wildman–Crippen MR) is 198 cm³/mol. The molecule has 2 heterocycles. The minimum atomic E-state index is 1.15. The normalized spacial score (nSPS) is 11.5. The van der Waals surface area contributed by atoms with E-state index in [1.165, 1.54) is 75.6 Å². The second kappa shape index (κ2) is 11.0. The lowest BCUT2D eigenvalue weighted by molar-refractivity contribution is 1.13. The largest absolute Gasteiger partial charge is 0.316 e. The van der Waals surface area contributed by atoms with E-state index in [4.69, 9.17) is 0 Å². The van der Waals surface area contributed by atoms with Crippen molar-refractivity contribution in [3.8, 4) is 50.2 Å². The summed E-state index contributed by atoms with van der Waals surface area (Å²) in [5.74, 6) is 0. The van der Waals surface area contributed by atoms with E-state index in [-0.39, 0.29) is 0 Å². The summed E-state index contributed by atoms with van der Waals surface area (Å²) in [6, 6.07) is 61.4. The predicted octanol–water partition coefficient (Wildman–Crippen LogP) is 12.7. The molecule has 0 bridgehead atoms. The third kappa shape index (κ3) is 4.46. The summed E-state index contributed by atoms with van der Waals surface area (Å²) in [5, 5.41) is 3.89. The minimum absolute atomic E-state index is 1.15. The van der Waals surface area contributed by atoms with Crippen LogP contribution in [0.15, 0.2) is 176 Å². The Bertz CT molecular complexity index is 2490. The van der Waals surface area contributed by atoms with Crippen LogP contribution in [-0.2, 0) is 0 Å². The van der Waals surface area contributed by atoms with Gasteiger partial charge < -0.3 is 4.57 Å². The lowest BCUT2D eigenvalue weighted by Gasteiger charge is -2.09. The maximum atomic E-state index is 2.34. The average molecular weight is 604 g/mol. The highest BCUT2D eigenvalue weighted by atomic mass is 32.1. The summed E-state index contributed by atoms with van der Waals surface area (Å²) in [5.41, 5.74) is 12.3. The molecule has 0 N–H and O–H groups in total. The van der Waals surface area contributed by atoms with Crippen LogP contribution in [-0.4, -0.2) is 4.57 Å². The molecular formula is C44H29NS. The van der Waals surface area contributed by atoms with Gasteiger partial charge in [0.1, 0.15) is 0 Å². The first-order chi connectivity index (χ1) is 22.8. The van der Waals surface area contributed by atoms with E-state index in [0.717, 1.165) is 5.69 Å². The average Bonchev–Trinajstić information content (AvgIpc) is 3.72. The van der Waals surface area contributed by atoms with Gasteiger partial charge in [-0.15, -0.1) is 11.3 Å². The van der Waals surface area contributed by atoms with Crippen LogP contribution >= 0.6 is 11.3 Å². The second-order valence-electron chi connectivity index (χ2n) is 11.8. The molecule has 0 aliphatic carbocycles. The quantitative estimate of drug-likeness (QED) is 0.184. The van der Waals surface area contributed by atoms with Gasteiger partial charge in [0.15, 0.2) is 0 Å². The molecular weight excluding hydrogens is 575 g/mol. The highest BCUT2D eigenvalue weighted by Crippen LogP contribution is 2.44. The summed E-state index contributed by atoms with van der Waals surface area (Å²) in [6.45, 7) is 0. The molecule has 0 aliphatic heterocycles. The van der Waals surface area contributed by atoms with Crippen LogP contribution < -0.4 is 0 Å². The smallest absolute Gasteiger partial charge is 0.0535 e. The molecule has 0 spiro atoms. The molecule has 0 aliphatic rings. The summed E-state index contributed by atoms with van der Waals surface area (Å²) in [4.78, 5) is 0. The third-order valence-corrected chi connectivity index (χ3v) is 10.3. The zero-order chi connectivity index (χ0) is 30.5. The first-order valence-corrected chi connectivity index (χ1v) is 16.5. The standard InChI is InChI=1S/C44H29NS/c1-4-12-30(13-5-1)34-24-27-42-40(28-34)41(32-16-8-3-9-17-32)29-45(42)35-25-22-33(23-26-35)37-19-11-21-39-38-20-10-18-36(43(38)46-44(37)39)31-14-6-2-7-15-31/h1-29H. The molecule has 1 nitrogen and oxygen atoms in total. The van der Waals surface area contributed by atoms with Gasteiger partial charge in [0, 0.05) is 43.0 Å². The Labute approximate surface area is 272 Å². The Morgan fingerprint density at radius 1 is 0.348 bits per heavy atom. The van der Waals surface area contributed by atoms with E-state index in [1.54, 1.807) is 0 Å². The van der Waals surface area contributed by atoms with Gasteiger partial charge in [0.25, 0.3) is 0 Å². The van der Waals surface area contributed by atoms with Gasteiger partial charge in [-0.2, -0.15) is 0 Å². The third-order valence-electron chi connectivity index (χ3n) is 9.06. The van der Waals surface area contributed by atoms with Gasteiger partial charge >= 0.3 is 0 Å². The fourth-order valence-electron chi connectivity index (χ4n) is 6.80. The molecule has 0 atom stereocenters. The topological polar surface area (TPSA) is 4.93 Å². The van der Waals surface area contributed by atoms with Gasteiger partial charge in [-0.3, -0.25) is 0 Å². The van der Waals surface area contributed by atoms with Crippen molar-refractivity contribution < 1.29 is 0 Å². The SMILES string of the molecule is c1ccc(-c2ccc3c(c2)c(-c2ccccc2)cn3-c2ccc(-c3cccc4c3sc3c(-c5ccccc5)cccc34)cc2)cc1. The Kier molecular flexibility index (Phi) is 6.40. The van der Waals surface area contributed by atoms with Crippen molar-refractivity contribution in [1.29, 1.82) is 0 Å². The number of hydrogen-bond acceptors (Lipinski definition) is 1. The zero-order valence-corrected chi connectivity index (χ0v) is 25.9. The van der Waals surface area contributed by atoms with Crippen LogP contribution in [0, 0.1) is 0 Å². The number of benzene rings is 7. The summed E-state index contributed by atoms with van der Waals surface area (Å²) in [6.07, 6.45) is 2.29. The van der Waals surface area contributed by atoms with Crippen molar-refractivity contribution in [2.45, 2.75) is 0 Å². The van der Waals surface area contributed by atoms with Gasteiger partial charge in [0.05, 0.1) is 5.52 Å². The zero-order valence-electron chi connectivity index (χ0n) is 25.1. The molecule has 7 aromatic carbocycles. The maximum Gasteiger partial charge on any atom is 0.0535 e. The van der Waals surface area contributed by atoms with Crippen molar-refractivity contribution >= 4 is 42.4 Å². The second-order valence-corrected chi connectivity index (χ2v) is 12.8. The Morgan fingerprint density at radius 3 is 1.43 bits per heavy atom. The fourth-order valence-corrected chi connectivity index (χ4v) is 8.17. The van der Waals surface area contributed by atoms with Gasteiger partial charge in [-0.05, 0) is 63.2 Å². The van der Waals surface area contributed by atoms with Gasteiger partial charge in [-0.25, -0.2) is 0 Å². The number of nitrogens with zero attached hydrogens (tertiary/aromatic N) is 1. The Hall–Kier alpha value is -5.70. The number of fused-ring (bicyclic) bond motifs is 4. The Balaban J connectivity index is 1.16. The molecule has 0 unspecified atom stereocenters. The minimum Gasteiger partial charge on any atom is -0.316 e. The highest BCUT2D eigenvalue weighted by molar-refractivity contribution is 7.26. The van der Waals surface area contributed by atoms with Crippen LogP contribution in [0.3, 0.4) is 0 Å². The number of thiophene rings is 1. The van der Waals surface area contributed by atoms with Crippen LogP contribution in [0.2, 0.25) is 0 Å². The van der Waals surface area contributed by atoms with Crippen molar-refractivity contribution in [3.05, 3.63) is 176 Å². The van der Waals surface area contributed by atoms with Crippen molar-refractivity contribution in [2.24, 2.45) is 0 Å². The molecule has 46 heavy (non-hydrogen) atoms. The molecule has 0 amide bonds. The Morgan fingerprint density at radius 2 is 0.848 bits per heavy atom. The monoisotopic (exact) mass is 603 g/mol. The molecule has 9 rings (SSSR count). The van der Waals surface area contributed by atoms with Crippen LogP contribution in [0.5, 0.6) is 0 Å². The summed E-state index contributed by atoms with van der Waals surface area (Å²) < 4.78 is 5.01. The van der Waals surface area contributed by atoms with E-state index >= 15 is 0 Å². The van der Waals surface area contributed by atoms with E-state index < -0.39 is 0 Å². The first-order valence-electron chi connectivity index (χ1n) is 15.7. The van der Waals surface area contributed by atoms with E-state index in [0.29, 0.717) is 0 Å². The van der Waals surface area contributed by atoms with E-state index in [2.05, 4.69) is 181 Å². The van der Waals surface area contributed by atoms with Gasteiger partial charge in [-0.1, -0.05) is 146 Å². The van der Waals surface area contributed by atoms with Gasteiger partial charge in [0.2, 0.25) is 0 Å². The van der Waals surface area contributed by atoms with Crippen molar-refractivity contribution in [1.82, 2.24) is 4.57 Å². The maximum absolute atomic E-state index is 2.34. The number of hydrogen-bond donors (Lipinski definition) is 0. The summed E-state index contributed by atoms with van der Waals surface area (Å²) >= 11 is 1.90. The lowest BCUT2D eigenvalue weighted by Crippen LogP contribution is -1.92. The highest BCUT2D eigenvalue weighted by Gasteiger charge is 2.16. The molecule has 0 fully saturated rings. The molecule has 2 heteroatoms. The van der Waals surface area contributed by atoms with E-state index in [9.17, 15) is 0 Å². The van der Waals surface area contributed by atoms with E-state index in [1.807, 2.05) is 11.3 Å². The molecule has 0 saturated heterocycles. The van der Waals surface area contributed by atoms with Crippen LogP contribution in [0.1, 0.15) is 0 Å². The van der Waals surface area contributed by atoms with Crippen LogP contribution in [0.25, 0.3) is 81.3 Å². The molecule has 0 radical (unpaired) electrons. The van der Waals surface area contributed by atoms with Crippen LogP contribution in [0.4, 0.5) is 0 Å². The summed E-state index contributed by atoms with van der Waals surface area (Å²) in [7, 11) is 0. The number of rotatable bonds is 5. The number of aromatic nitrogens is 1. The van der Waals surface area contributed by atoms with Crippen molar-refractivity contribution in [3.63, 3.8) is 0 Å². The first kappa shape index (κ1) is 26.7. The molecule has 9 aromatic rings. The molecule has 0 saturated carbocycles. The lowest BCUT2D eigenvalue weighted by atomic mass is 10.00.